The summed E-state index contributed by atoms with van der Waals surface area (Å²) >= 11 is 5.99. The van der Waals surface area contributed by atoms with Crippen LogP contribution in [0.3, 0.4) is 0 Å². The number of hydrogen-bond acceptors (Lipinski definition) is 4. The number of benzene rings is 2. The lowest BCUT2D eigenvalue weighted by Gasteiger charge is -2.29. The van der Waals surface area contributed by atoms with Crippen LogP contribution >= 0.6 is 11.6 Å². The van der Waals surface area contributed by atoms with Crippen LogP contribution < -0.4 is 15.4 Å². The lowest BCUT2D eigenvalue weighted by Crippen LogP contribution is -2.45. The number of amides is 2. The Morgan fingerprint density at radius 2 is 1.93 bits per heavy atom. The molecule has 0 saturated heterocycles. The number of hydrogen-bond donors (Lipinski definition) is 2. The van der Waals surface area contributed by atoms with Gasteiger partial charge in [-0.2, -0.15) is 0 Å². The first-order valence-corrected chi connectivity index (χ1v) is 9.75. The van der Waals surface area contributed by atoms with E-state index in [1.54, 1.807) is 0 Å². The summed E-state index contributed by atoms with van der Waals surface area (Å²) in [7, 11) is 1.33. The Balaban J connectivity index is 1.80. The molecule has 152 valence electrons. The highest BCUT2D eigenvalue weighted by Crippen LogP contribution is 2.30. The first kappa shape index (κ1) is 20.7. The maximum atomic E-state index is 12.4. The highest BCUT2D eigenvalue weighted by molar-refractivity contribution is 6.30. The van der Waals surface area contributed by atoms with Gasteiger partial charge >= 0.3 is 12.0 Å². The molecule has 2 aromatic carbocycles. The molecule has 2 aromatic rings. The summed E-state index contributed by atoms with van der Waals surface area (Å²) in [5.41, 5.74) is 2.74. The number of carbonyl (C=O) groups excluding carboxylic acids is 2. The molecule has 0 bridgehead atoms. The standard InChI is InChI=1S/C22H23ClN2O4/c1-3-5-18-19(21(26)28-2)20(25-22(27)24-18)15-8-10-17(11-9-15)29-13-14-6-4-7-16(23)12-14/h4,6-12,20H,3,5,13H2,1-2H3,(H2,24,25,27). The van der Waals surface area contributed by atoms with Crippen LogP contribution in [0.15, 0.2) is 59.8 Å². The van der Waals surface area contributed by atoms with Gasteiger partial charge in [-0.25, -0.2) is 9.59 Å². The second kappa shape index (κ2) is 9.47. The monoisotopic (exact) mass is 414 g/mol. The highest BCUT2D eigenvalue weighted by atomic mass is 35.5. The van der Waals surface area contributed by atoms with E-state index in [4.69, 9.17) is 21.1 Å². The summed E-state index contributed by atoms with van der Waals surface area (Å²) in [6.45, 7) is 2.37. The molecule has 0 spiro atoms. The number of nitrogens with one attached hydrogen (secondary N) is 2. The Kier molecular flexibility index (Phi) is 6.77. The summed E-state index contributed by atoms with van der Waals surface area (Å²) in [6, 6.07) is 13.8. The molecule has 0 aromatic heterocycles. The number of methoxy groups -OCH3 is 1. The highest BCUT2D eigenvalue weighted by Gasteiger charge is 2.32. The van der Waals surface area contributed by atoms with Gasteiger partial charge in [-0.05, 0) is 41.8 Å². The third-order valence-electron chi connectivity index (χ3n) is 4.57. The Bertz CT molecular complexity index is 925. The van der Waals surface area contributed by atoms with Gasteiger partial charge in [0.15, 0.2) is 0 Å². The number of carbonyl (C=O) groups is 2. The molecule has 0 saturated carbocycles. The third kappa shape index (κ3) is 5.09. The Morgan fingerprint density at radius 3 is 2.59 bits per heavy atom. The molecular formula is C22H23ClN2O4. The van der Waals surface area contributed by atoms with E-state index in [2.05, 4.69) is 10.6 Å². The molecule has 3 rings (SSSR count). The van der Waals surface area contributed by atoms with Crippen molar-refractivity contribution in [3.05, 3.63) is 76.0 Å². The van der Waals surface area contributed by atoms with Gasteiger partial charge < -0.3 is 20.1 Å². The number of ether oxygens (including phenoxy) is 2. The quantitative estimate of drug-likeness (QED) is 0.654. The average molecular weight is 415 g/mol. The van der Waals surface area contributed by atoms with Crippen LogP contribution in [-0.2, 0) is 16.1 Å². The average Bonchev–Trinajstić information content (AvgIpc) is 2.72. The van der Waals surface area contributed by atoms with E-state index in [9.17, 15) is 9.59 Å². The normalized spacial score (nSPS) is 16.1. The number of esters is 1. The van der Waals surface area contributed by atoms with E-state index in [1.165, 1.54) is 7.11 Å². The maximum absolute atomic E-state index is 12.4. The van der Waals surface area contributed by atoms with Crippen molar-refractivity contribution in [2.24, 2.45) is 0 Å². The molecule has 1 atom stereocenters. The molecule has 0 aliphatic carbocycles. The van der Waals surface area contributed by atoms with Crippen molar-refractivity contribution >= 4 is 23.6 Å². The number of halogens is 1. The Hall–Kier alpha value is -2.99. The van der Waals surface area contributed by atoms with Gasteiger partial charge in [-0.15, -0.1) is 0 Å². The minimum absolute atomic E-state index is 0.340. The Morgan fingerprint density at radius 1 is 1.17 bits per heavy atom. The van der Waals surface area contributed by atoms with Crippen LogP contribution in [0.2, 0.25) is 5.02 Å². The van der Waals surface area contributed by atoms with Crippen LogP contribution in [0.25, 0.3) is 0 Å². The number of urea groups is 1. The molecule has 29 heavy (non-hydrogen) atoms. The van der Waals surface area contributed by atoms with Gasteiger partial charge in [0.1, 0.15) is 12.4 Å². The van der Waals surface area contributed by atoms with Crippen LogP contribution in [0, 0.1) is 0 Å². The minimum Gasteiger partial charge on any atom is -0.489 e. The minimum atomic E-state index is -0.584. The summed E-state index contributed by atoms with van der Waals surface area (Å²) < 4.78 is 10.8. The fourth-order valence-corrected chi connectivity index (χ4v) is 3.43. The van der Waals surface area contributed by atoms with Crippen LogP contribution in [0.5, 0.6) is 5.75 Å². The van der Waals surface area contributed by atoms with Crippen molar-refractivity contribution in [1.29, 1.82) is 0 Å². The molecule has 1 aliphatic heterocycles. The Labute approximate surface area is 174 Å². The molecule has 0 radical (unpaired) electrons. The first-order chi connectivity index (χ1) is 14.0. The number of allylic oxidation sites excluding steroid dienone is 1. The summed E-state index contributed by atoms with van der Waals surface area (Å²) in [6.07, 6.45) is 1.37. The lowest BCUT2D eigenvalue weighted by atomic mass is 9.94. The zero-order valence-electron chi connectivity index (χ0n) is 16.3. The van der Waals surface area contributed by atoms with E-state index in [-0.39, 0.29) is 6.03 Å². The van der Waals surface area contributed by atoms with Crippen molar-refractivity contribution in [2.75, 3.05) is 7.11 Å². The topological polar surface area (TPSA) is 76.7 Å². The van der Waals surface area contributed by atoms with Crippen LogP contribution in [-0.4, -0.2) is 19.1 Å². The van der Waals surface area contributed by atoms with E-state index in [0.717, 1.165) is 17.5 Å². The van der Waals surface area contributed by atoms with Crippen molar-refractivity contribution in [1.82, 2.24) is 10.6 Å². The largest absolute Gasteiger partial charge is 0.489 e. The summed E-state index contributed by atoms with van der Waals surface area (Å²) in [5, 5.41) is 6.20. The second-order valence-corrected chi connectivity index (χ2v) is 7.09. The van der Waals surface area contributed by atoms with Crippen LogP contribution in [0.4, 0.5) is 4.79 Å². The van der Waals surface area contributed by atoms with Gasteiger partial charge in [0.25, 0.3) is 0 Å². The zero-order valence-corrected chi connectivity index (χ0v) is 17.1. The van der Waals surface area contributed by atoms with Crippen molar-refractivity contribution < 1.29 is 19.1 Å². The molecule has 1 unspecified atom stereocenters. The predicted octanol–water partition coefficient (Wildman–Crippen LogP) is 4.50. The van der Waals surface area contributed by atoms with Gasteiger partial charge in [-0.3, -0.25) is 0 Å². The SMILES string of the molecule is CCCC1=C(C(=O)OC)C(c2ccc(OCc3cccc(Cl)c3)cc2)NC(=O)N1. The summed E-state index contributed by atoms with van der Waals surface area (Å²) in [5.74, 6) is 0.207. The third-order valence-corrected chi connectivity index (χ3v) is 4.80. The van der Waals surface area contributed by atoms with Gasteiger partial charge in [-0.1, -0.05) is 49.2 Å². The van der Waals surface area contributed by atoms with Crippen molar-refractivity contribution in [3.8, 4) is 5.75 Å². The number of rotatable bonds is 7. The summed E-state index contributed by atoms with van der Waals surface area (Å²) in [4.78, 5) is 24.5. The molecule has 6 nitrogen and oxygen atoms in total. The molecule has 2 N–H and O–H groups in total. The second-order valence-electron chi connectivity index (χ2n) is 6.65. The molecule has 0 fully saturated rings. The van der Waals surface area contributed by atoms with Gasteiger partial charge in [0.2, 0.25) is 0 Å². The molecule has 7 heteroatoms. The fraction of sp³-hybridized carbons (Fsp3) is 0.273. The van der Waals surface area contributed by atoms with E-state index in [1.807, 2.05) is 55.5 Å². The molecule has 1 heterocycles. The van der Waals surface area contributed by atoms with Gasteiger partial charge in [0.05, 0.1) is 18.7 Å². The maximum Gasteiger partial charge on any atom is 0.337 e. The van der Waals surface area contributed by atoms with E-state index < -0.39 is 12.0 Å². The van der Waals surface area contributed by atoms with Gasteiger partial charge in [0, 0.05) is 10.7 Å². The van der Waals surface area contributed by atoms with E-state index >= 15 is 0 Å². The smallest absolute Gasteiger partial charge is 0.337 e. The molecule has 2 amide bonds. The fourth-order valence-electron chi connectivity index (χ4n) is 3.22. The molecule has 1 aliphatic rings. The van der Waals surface area contributed by atoms with E-state index in [0.29, 0.717) is 35.1 Å². The zero-order chi connectivity index (χ0) is 20.8. The lowest BCUT2D eigenvalue weighted by molar-refractivity contribution is -0.136. The first-order valence-electron chi connectivity index (χ1n) is 9.38. The van der Waals surface area contributed by atoms with Crippen molar-refractivity contribution in [2.45, 2.75) is 32.4 Å². The van der Waals surface area contributed by atoms with Crippen molar-refractivity contribution in [3.63, 3.8) is 0 Å². The van der Waals surface area contributed by atoms with Crippen LogP contribution in [0.1, 0.15) is 36.9 Å². The predicted molar refractivity (Wildman–Crippen MR) is 111 cm³/mol. The molecular weight excluding hydrogens is 392 g/mol.